The normalized spacial score (nSPS) is 24.4. The summed E-state index contributed by atoms with van der Waals surface area (Å²) in [6.45, 7) is 5.59. The van der Waals surface area contributed by atoms with Crippen molar-refractivity contribution in [3.8, 4) is 0 Å². The first-order chi connectivity index (χ1) is 6.74. The van der Waals surface area contributed by atoms with Crippen molar-refractivity contribution in [1.82, 2.24) is 0 Å². The summed E-state index contributed by atoms with van der Waals surface area (Å²) in [6, 6.07) is 0. The highest BCUT2D eigenvalue weighted by Gasteiger charge is 2.17. The molecule has 0 bridgehead atoms. The number of alkyl halides is 1. The molecular weight excluding hydrogens is 260 g/mol. The van der Waals surface area contributed by atoms with Crippen molar-refractivity contribution in [3.05, 3.63) is 0 Å². The third-order valence-corrected chi connectivity index (χ3v) is 4.90. The summed E-state index contributed by atoms with van der Waals surface area (Å²) in [7, 11) is 0. The Balaban J connectivity index is 2.06. The number of hydrogen-bond acceptors (Lipinski definition) is 2. The van der Waals surface area contributed by atoms with Gasteiger partial charge in [-0.05, 0) is 30.4 Å². The lowest BCUT2D eigenvalue weighted by Crippen LogP contribution is -2.16. The fraction of sp³-hybridized carbons (Fsp3) is 1.00. The summed E-state index contributed by atoms with van der Waals surface area (Å²) in [4.78, 5) is 0. The van der Waals surface area contributed by atoms with Crippen molar-refractivity contribution >= 4 is 27.7 Å². The van der Waals surface area contributed by atoms with Gasteiger partial charge in [-0.3, -0.25) is 0 Å². The predicted octanol–water partition coefficient (Wildman–Crippen LogP) is 3.57. The van der Waals surface area contributed by atoms with Crippen molar-refractivity contribution in [2.45, 2.75) is 32.8 Å². The largest absolute Gasteiger partial charge is 0.377 e. The van der Waals surface area contributed by atoms with Crippen LogP contribution in [0.1, 0.15) is 26.7 Å². The van der Waals surface area contributed by atoms with Crippen molar-refractivity contribution in [2.24, 2.45) is 11.8 Å². The number of hydrogen-bond donors (Lipinski definition) is 0. The molecule has 1 heterocycles. The molecule has 2 atom stereocenters. The molecule has 0 aromatic heterocycles. The molecular formula is C11H21BrOS. The third kappa shape index (κ3) is 4.54. The Morgan fingerprint density at radius 3 is 2.79 bits per heavy atom. The molecule has 1 aliphatic rings. The van der Waals surface area contributed by atoms with Crippen LogP contribution in [0.5, 0.6) is 0 Å². The van der Waals surface area contributed by atoms with Crippen LogP contribution in [0, 0.1) is 11.8 Å². The van der Waals surface area contributed by atoms with Gasteiger partial charge in [0, 0.05) is 17.7 Å². The van der Waals surface area contributed by atoms with Gasteiger partial charge in [0.2, 0.25) is 0 Å². The topological polar surface area (TPSA) is 9.23 Å². The monoisotopic (exact) mass is 280 g/mol. The van der Waals surface area contributed by atoms with Gasteiger partial charge in [0.05, 0.1) is 6.10 Å². The lowest BCUT2D eigenvalue weighted by atomic mass is 10.0. The minimum absolute atomic E-state index is 0.545. The lowest BCUT2D eigenvalue weighted by Gasteiger charge is -2.18. The van der Waals surface area contributed by atoms with Crippen LogP contribution < -0.4 is 0 Å². The molecule has 1 fully saturated rings. The van der Waals surface area contributed by atoms with E-state index in [9.17, 15) is 0 Å². The van der Waals surface area contributed by atoms with Gasteiger partial charge in [-0.15, -0.1) is 0 Å². The standard InChI is InChI=1S/C11H21BrOS/c1-9(2)10(6-12)7-14-8-11-4-3-5-13-11/h9-11H,3-8H2,1-2H3. The van der Waals surface area contributed by atoms with Gasteiger partial charge in [0.1, 0.15) is 0 Å². The Morgan fingerprint density at radius 1 is 1.50 bits per heavy atom. The molecule has 0 spiro atoms. The zero-order valence-corrected chi connectivity index (χ0v) is 11.6. The van der Waals surface area contributed by atoms with E-state index < -0.39 is 0 Å². The molecule has 0 aromatic rings. The molecule has 3 heteroatoms. The van der Waals surface area contributed by atoms with Gasteiger partial charge in [0.25, 0.3) is 0 Å². The van der Waals surface area contributed by atoms with E-state index in [1.54, 1.807) is 0 Å². The maximum absolute atomic E-state index is 5.60. The zero-order valence-electron chi connectivity index (χ0n) is 9.17. The number of halogens is 1. The summed E-state index contributed by atoms with van der Waals surface area (Å²) in [5.74, 6) is 4.05. The molecule has 1 aliphatic heterocycles. The second kappa shape index (κ2) is 7.13. The second-order valence-electron chi connectivity index (χ2n) is 4.33. The van der Waals surface area contributed by atoms with Crippen LogP contribution >= 0.6 is 27.7 Å². The Hall–Kier alpha value is 0.790. The molecule has 0 N–H and O–H groups in total. The second-order valence-corrected chi connectivity index (χ2v) is 6.05. The summed E-state index contributed by atoms with van der Waals surface area (Å²) in [5.41, 5.74) is 0. The van der Waals surface area contributed by atoms with E-state index in [-0.39, 0.29) is 0 Å². The van der Waals surface area contributed by atoms with E-state index in [4.69, 9.17) is 4.74 Å². The van der Waals surface area contributed by atoms with Gasteiger partial charge in [-0.25, -0.2) is 0 Å². The van der Waals surface area contributed by atoms with Crippen LogP contribution in [-0.2, 0) is 4.74 Å². The molecule has 14 heavy (non-hydrogen) atoms. The molecule has 0 radical (unpaired) electrons. The van der Waals surface area contributed by atoms with E-state index in [0.717, 1.165) is 23.8 Å². The fourth-order valence-electron chi connectivity index (χ4n) is 1.54. The molecule has 0 saturated carbocycles. The molecule has 1 saturated heterocycles. The van der Waals surface area contributed by atoms with Gasteiger partial charge in [-0.1, -0.05) is 29.8 Å². The molecule has 2 unspecified atom stereocenters. The molecule has 1 nitrogen and oxygen atoms in total. The van der Waals surface area contributed by atoms with Crippen LogP contribution in [0.15, 0.2) is 0 Å². The quantitative estimate of drug-likeness (QED) is 0.688. The average molecular weight is 281 g/mol. The van der Waals surface area contributed by atoms with Gasteiger partial charge < -0.3 is 4.74 Å². The van der Waals surface area contributed by atoms with Crippen LogP contribution in [0.25, 0.3) is 0 Å². The van der Waals surface area contributed by atoms with Crippen LogP contribution in [0.2, 0.25) is 0 Å². The van der Waals surface area contributed by atoms with Gasteiger partial charge in [-0.2, -0.15) is 11.8 Å². The highest BCUT2D eigenvalue weighted by molar-refractivity contribution is 9.09. The summed E-state index contributed by atoms with van der Waals surface area (Å²) in [5, 5.41) is 1.13. The third-order valence-electron chi connectivity index (χ3n) is 2.80. The summed E-state index contributed by atoms with van der Waals surface area (Å²) in [6.07, 6.45) is 3.08. The molecule has 84 valence electrons. The maximum atomic E-state index is 5.60. The fourth-order valence-corrected chi connectivity index (χ4v) is 4.29. The number of rotatable bonds is 6. The Labute approximate surface area is 100 Å². The maximum Gasteiger partial charge on any atom is 0.0666 e. The Morgan fingerprint density at radius 2 is 2.29 bits per heavy atom. The molecule has 0 amide bonds. The SMILES string of the molecule is CC(C)C(CBr)CSCC1CCCO1. The van der Waals surface area contributed by atoms with Gasteiger partial charge >= 0.3 is 0 Å². The van der Waals surface area contributed by atoms with E-state index in [1.807, 2.05) is 0 Å². The van der Waals surface area contributed by atoms with E-state index in [0.29, 0.717) is 6.10 Å². The smallest absolute Gasteiger partial charge is 0.0666 e. The first kappa shape index (κ1) is 12.9. The van der Waals surface area contributed by atoms with E-state index >= 15 is 0 Å². The van der Waals surface area contributed by atoms with E-state index in [1.165, 1.54) is 24.3 Å². The number of ether oxygens (including phenoxy) is 1. The van der Waals surface area contributed by atoms with Crippen molar-refractivity contribution in [2.75, 3.05) is 23.4 Å². The predicted molar refractivity (Wildman–Crippen MR) is 68.4 cm³/mol. The highest BCUT2D eigenvalue weighted by atomic mass is 79.9. The van der Waals surface area contributed by atoms with Crippen molar-refractivity contribution in [3.63, 3.8) is 0 Å². The first-order valence-electron chi connectivity index (χ1n) is 5.49. The van der Waals surface area contributed by atoms with Crippen LogP contribution in [0.3, 0.4) is 0 Å². The Kier molecular flexibility index (Phi) is 6.55. The van der Waals surface area contributed by atoms with Crippen LogP contribution in [0.4, 0.5) is 0 Å². The number of thioether (sulfide) groups is 1. The first-order valence-corrected chi connectivity index (χ1v) is 7.77. The summed E-state index contributed by atoms with van der Waals surface area (Å²) < 4.78 is 5.60. The Bertz CT molecular complexity index is 146. The minimum Gasteiger partial charge on any atom is -0.377 e. The highest BCUT2D eigenvalue weighted by Crippen LogP contribution is 2.22. The van der Waals surface area contributed by atoms with Gasteiger partial charge in [0.15, 0.2) is 0 Å². The minimum atomic E-state index is 0.545. The van der Waals surface area contributed by atoms with Crippen molar-refractivity contribution in [1.29, 1.82) is 0 Å². The summed E-state index contributed by atoms with van der Waals surface area (Å²) >= 11 is 5.64. The molecule has 0 aromatic carbocycles. The van der Waals surface area contributed by atoms with Crippen LogP contribution in [-0.4, -0.2) is 29.5 Å². The zero-order chi connectivity index (χ0) is 10.4. The average Bonchev–Trinajstić information content (AvgIpc) is 2.64. The lowest BCUT2D eigenvalue weighted by molar-refractivity contribution is 0.129. The molecule has 1 rings (SSSR count). The van der Waals surface area contributed by atoms with E-state index in [2.05, 4.69) is 41.5 Å². The van der Waals surface area contributed by atoms with Crippen molar-refractivity contribution < 1.29 is 4.74 Å². The molecule has 0 aliphatic carbocycles.